The van der Waals surface area contributed by atoms with Crippen molar-refractivity contribution in [1.82, 2.24) is 25.8 Å². The second kappa shape index (κ2) is 7.16. The minimum Gasteiger partial charge on any atom is -0.349 e. The molecule has 6 nitrogen and oxygen atoms in total. The van der Waals surface area contributed by atoms with Gasteiger partial charge in [0.1, 0.15) is 5.82 Å². The van der Waals surface area contributed by atoms with E-state index in [1.165, 1.54) is 0 Å². The molecule has 1 heterocycles. The van der Waals surface area contributed by atoms with Gasteiger partial charge >= 0.3 is 0 Å². The van der Waals surface area contributed by atoms with Crippen molar-refractivity contribution in [2.24, 2.45) is 0 Å². The van der Waals surface area contributed by atoms with E-state index in [0.29, 0.717) is 31.2 Å². The van der Waals surface area contributed by atoms with Crippen LogP contribution in [0.5, 0.6) is 0 Å². The molecule has 0 unspecified atom stereocenters. The number of aromatic amines is 1. The quantitative estimate of drug-likeness (QED) is 0.745. The molecule has 3 N–H and O–H groups in total. The number of carbonyl (C=O) groups excluding carboxylic acids is 1. The van der Waals surface area contributed by atoms with E-state index in [0.717, 1.165) is 10.0 Å². The maximum absolute atomic E-state index is 11.5. The molecule has 0 fully saturated rings. The standard InChI is InChI=1S/C13H16BrN5O/c1-15-7-6-12(20)16-8-11-17-13(19-18-11)9-2-4-10(14)5-3-9/h2-5,15H,6-8H2,1H3,(H,16,20)(H,17,18,19). The van der Waals surface area contributed by atoms with Gasteiger partial charge in [-0.15, -0.1) is 0 Å². The third-order valence-corrected chi connectivity index (χ3v) is 3.22. The maximum Gasteiger partial charge on any atom is 0.221 e. The van der Waals surface area contributed by atoms with Crippen molar-refractivity contribution in [1.29, 1.82) is 0 Å². The van der Waals surface area contributed by atoms with Crippen LogP contribution in [0.15, 0.2) is 28.7 Å². The lowest BCUT2D eigenvalue weighted by atomic mass is 10.2. The van der Waals surface area contributed by atoms with Gasteiger partial charge in [0.05, 0.1) is 6.54 Å². The van der Waals surface area contributed by atoms with Gasteiger partial charge in [0.25, 0.3) is 0 Å². The van der Waals surface area contributed by atoms with Crippen molar-refractivity contribution in [2.45, 2.75) is 13.0 Å². The van der Waals surface area contributed by atoms with Crippen LogP contribution in [0.25, 0.3) is 11.4 Å². The number of amides is 1. The molecule has 2 aromatic rings. The van der Waals surface area contributed by atoms with Crippen LogP contribution in [0.2, 0.25) is 0 Å². The fourth-order valence-electron chi connectivity index (χ4n) is 1.61. The van der Waals surface area contributed by atoms with Crippen LogP contribution in [0.4, 0.5) is 0 Å². The first kappa shape index (κ1) is 14.7. The number of hydrogen-bond donors (Lipinski definition) is 3. The first-order chi connectivity index (χ1) is 9.69. The van der Waals surface area contributed by atoms with E-state index in [1.54, 1.807) is 0 Å². The van der Waals surface area contributed by atoms with Gasteiger partial charge in [0, 0.05) is 23.0 Å². The predicted octanol–water partition coefficient (Wildman–Crippen LogP) is 1.46. The Hall–Kier alpha value is -1.73. The van der Waals surface area contributed by atoms with Gasteiger partial charge in [-0.1, -0.05) is 28.1 Å². The van der Waals surface area contributed by atoms with Gasteiger partial charge < -0.3 is 10.6 Å². The lowest BCUT2D eigenvalue weighted by Crippen LogP contribution is -2.26. The summed E-state index contributed by atoms with van der Waals surface area (Å²) in [6.45, 7) is 1.01. The number of aromatic nitrogens is 3. The van der Waals surface area contributed by atoms with Gasteiger partial charge in [-0.2, -0.15) is 5.10 Å². The Balaban J connectivity index is 1.92. The van der Waals surface area contributed by atoms with E-state index in [1.807, 2.05) is 31.3 Å². The van der Waals surface area contributed by atoms with Crippen molar-refractivity contribution in [2.75, 3.05) is 13.6 Å². The molecule has 0 saturated carbocycles. The number of rotatable bonds is 6. The molecule has 0 spiro atoms. The maximum atomic E-state index is 11.5. The molecule has 0 atom stereocenters. The number of benzene rings is 1. The Bertz CT molecular complexity index is 566. The molecule has 106 valence electrons. The lowest BCUT2D eigenvalue weighted by Gasteiger charge is -2.01. The molecule has 1 amide bonds. The number of nitrogens with zero attached hydrogens (tertiary/aromatic N) is 2. The summed E-state index contributed by atoms with van der Waals surface area (Å²) < 4.78 is 1.01. The first-order valence-electron chi connectivity index (χ1n) is 6.27. The molecule has 0 aliphatic heterocycles. The lowest BCUT2D eigenvalue weighted by molar-refractivity contribution is -0.121. The summed E-state index contributed by atoms with van der Waals surface area (Å²) in [5.41, 5.74) is 0.928. The Morgan fingerprint density at radius 2 is 2.10 bits per heavy atom. The van der Waals surface area contributed by atoms with Gasteiger partial charge in [0.2, 0.25) is 5.91 Å². The molecule has 0 saturated heterocycles. The number of halogens is 1. The molecular formula is C13H16BrN5O. The second-order valence-electron chi connectivity index (χ2n) is 4.24. The highest BCUT2D eigenvalue weighted by molar-refractivity contribution is 9.10. The zero-order chi connectivity index (χ0) is 14.4. The van der Waals surface area contributed by atoms with Crippen LogP contribution in [-0.2, 0) is 11.3 Å². The average Bonchev–Trinajstić information content (AvgIpc) is 2.92. The highest BCUT2D eigenvalue weighted by Gasteiger charge is 2.07. The third-order valence-electron chi connectivity index (χ3n) is 2.69. The van der Waals surface area contributed by atoms with Crippen molar-refractivity contribution in [3.05, 3.63) is 34.6 Å². The summed E-state index contributed by atoms with van der Waals surface area (Å²) in [5.74, 6) is 1.25. The summed E-state index contributed by atoms with van der Waals surface area (Å²) in [6.07, 6.45) is 0.449. The fourth-order valence-corrected chi connectivity index (χ4v) is 1.88. The van der Waals surface area contributed by atoms with E-state index in [4.69, 9.17) is 0 Å². The summed E-state index contributed by atoms with van der Waals surface area (Å²) in [6, 6.07) is 7.74. The monoisotopic (exact) mass is 337 g/mol. The predicted molar refractivity (Wildman–Crippen MR) is 79.9 cm³/mol. The van der Waals surface area contributed by atoms with Gasteiger partial charge in [-0.3, -0.25) is 9.89 Å². The SMILES string of the molecule is CNCCC(=O)NCc1nc(-c2ccc(Br)cc2)n[nH]1. The van der Waals surface area contributed by atoms with Crippen molar-refractivity contribution in [3.8, 4) is 11.4 Å². The molecule has 20 heavy (non-hydrogen) atoms. The third kappa shape index (κ3) is 4.14. The van der Waals surface area contributed by atoms with Crippen molar-refractivity contribution < 1.29 is 4.79 Å². The van der Waals surface area contributed by atoms with Crippen LogP contribution in [0, 0.1) is 0 Å². The topological polar surface area (TPSA) is 82.7 Å². The molecule has 0 radical (unpaired) electrons. The van der Waals surface area contributed by atoms with Crippen molar-refractivity contribution >= 4 is 21.8 Å². The summed E-state index contributed by atoms with van der Waals surface area (Å²) >= 11 is 3.38. The van der Waals surface area contributed by atoms with Crippen LogP contribution in [-0.4, -0.2) is 34.7 Å². The molecule has 1 aromatic heterocycles. The summed E-state index contributed by atoms with van der Waals surface area (Å²) in [7, 11) is 1.81. The molecular weight excluding hydrogens is 322 g/mol. The van der Waals surface area contributed by atoms with Crippen molar-refractivity contribution in [3.63, 3.8) is 0 Å². The van der Waals surface area contributed by atoms with E-state index >= 15 is 0 Å². The average molecular weight is 338 g/mol. The van der Waals surface area contributed by atoms with E-state index < -0.39 is 0 Å². The number of nitrogens with one attached hydrogen (secondary N) is 3. The van der Waals surface area contributed by atoms with Gasteiger partial charge in [0.15, 0.2) is 5.82 Å². The largest absolute Gasteiger partial charge is 0.349 e. The fraction of sp³-hybridized carbons (Fsp3) is 0.308. The van der Waals surface area contributed by atoms with E-state index in [-0.39, 0.29) is 5.91 Å². The van der Waals surface area contributed by atoms with Crippen LogP contribution in [0.3, 0.4) is 0 Å². The second-order valence-corrected chi connectivity index (χ2v) is 5.16. The van der Waals surface area contributed by atoms with E-state index in [9.17, 15) is 4.79 Å². The zero-order valence-electron chi connectivity index (χ0n) is 11.1. The molecule has 0 aliphatic carbocycles. The number of hydrogen-bond acceptors (Lipinski definition) is 4. The number of carbonyl (C=O) groups is 1. The Kier molecular flexibility index (Phi) is 5.25. The van der Waals surface area contributed by atoms with Crippen LogP contribution >= 0.6 is 15.9 Å². The molecule has 0 bridgehead atoms. The van der Waals surface area contributed by atoms with E-state index in [2.05, 4.69) is 41.7 Å². The van der Waals surface area contributed by atoms with Crippen LogP contribution in [0.1, 0.15) is 12.2 Å². The normalized spacial score (nSPS) is 10.5. The Labute approximate surface area is 125 Å². The molecule has 1 aromatic carbocycles. The van der Waals surface area contributed by atoms with Gasteiger partial charge in [-0.05, 0) is 19.2 Å². The first-order valence-corrected chi connectivity index (χ1v) is 7.07. The minimum atomic E-state index is -0.0130. The summed E-state index contributed by atoms with van der Waals surface area (Å²) in [4.78, 5) is 15.8. The molecule has 0 aliphatic rings. The zero-order valence-corrected chi connectivity index (χ0v) is 12.7. The smallest absolute Gasteiger partial charge is 0.221 e. The van der Waals surface area contributed by atoms with Crippen LogP contribution < -0.4 is 10.6 Å². The molecule has 2 rings (SSSR count). The Morgan fingerprint density at radius 3 is 2.80 bits per heavy atom. The molecule has 7 heteroatoms. The highest BCUT2D eigenvalue weighted by atomic mass is 79.9. The number of H-pyrrole nitrogens is 1. The Morgan fingerprint density at radius 1 is 1.35 bits per heavy atom. The minimum absolute atomic E-state index is 0.0130. The van der Waals surface area contributed by atoms with Gasteiger partial charge in [-0.25, -0.2) is 4.98 Å². The highest BCUT2D eigenvalue weighted by Crippen LogP contribution is 2.18. The summed E-state index contributed by atoms with van der Waals surface area (Å²) in [5, 5.41) is 12.7.